The lowest BCUT2D eigenvalue weighted by molar-refractivity contribution is 0.0768. The van der Waals surface area contributed by atoms with Crippen LogP contribution in [0.15, 0.2) is 0 Å². The molecule has 0 radical (unpaired) electrons. The van der Waals surface area contributed by atoms with E-state index >= 15 is 0 Å². The minimum Gasteiger partial charge on any atom is -0.391 e. The minimum atomic E-state index is -0.382. The molecule has 1 aromatic heterocycles. The monoisotopic (exact) mass is 241 g/mol. The van der Waals surface area contributed by atoms with Gasteiger partial charge in [-0.1, -0.05) is 18.3 Å². The minimum absolute atomic E-state index is 0.0461. The van der Waals surface area contributed by atoms with Gasteiger partial charge in [-0.25, -0.2) is 0 Å². The number of nitrogens with zero attached hydrogens (tertiary/aromatic N) is 3. The first-order valence-corrected chi connectivity index (χ1v) is 6.16. The van der Waals surface area contributed by atoms with E-state index in [1.54, 1.807) is 4.90 Å². The van der Waals surface area contributed by atoms with Gasteiger partial charge in [-0.15, -0.1) is 5.10 Å². The maximum Gasteiger partial charge on any atom is 0.267 e. The van der Waals surface area contributed by atoms with Gasteiger partial charge in [0, 0.05) is 13.1 Å². The number of hydrogen-bond acceptors (Lipinski definition) is 5. The molecule has 1 aliphatic rings. The van der Waals surface area contributed by atoms with Crippen molar-refractivity contribution >= 4 is 17.4 Å². The number of β-amino-alcohol motifs (C(OH)–C–C–N with tert-alkyl or cyclic N) is 1. The zero-order valence-corrected chi connectivity index (χ0v) is 10.2. The van der Waals surface area contributed by atoms with Crippen molar-refractivity contribution in [2.45, 2.75) is 32.3 Å². The van der Waals surface area contributed by atoms with E-state index < -0.39 is 0 Å². The molecular weight excluding hydrogens is 226 g/mol. The van der Waals surface area contributed by atoms with E-state index in [0.717, 1.165) is 17.2 Å². The molecule has 1 atom stereocenters. The smallest absolute Gasteiger partial charge is 0.267 e. The molecule has 0 saturated carbocycles. The number of amides is 1. The van der Waals surface area contributed by atoms with Crippen LogP contribution in [0.5, 0.6) is 0 Å². The molecule has 0 bridgehead atoms. The molecule has 1 aliphatic heterocycles. The van der Waals surface area contributed by atoms with Crippen molar-refractivity contribution in [2.24, 2.45) is 0 Å². The first kappa shape index (κ1) is 11.5. The van der Waals surface area contributed by atoms with Gasteiger partial charge in [-0.05, 0) is 23.9 Å². The molecule has 1 amide bonds. The first-order chi connectivity index (χ1) is 7.59. The molecular formula is C10H15N3O2S. The van der Waals surface area contributed by atoms with Crippen molar-refractivity contribution in [3.63, 3.8) is 0 Å². The van der Waals surface area contributed by atoms with Crippen LogP contribution in [0, 0.1) is 0 Å². The maximum absolute atomic E-state index is 12.1. The van der Waals surface area contributed by atoms with Gasteiger partial charge in [0.15, 0.2) is 0 Å². The van der Waals surface area contributed by atoms with Crippen LogP contribution in [0.2, 0.25) is 0 Å². The van der Waals surface area contributed by atoms with Crippen LogP contribution in [0.1, 0.15) is 41.6 Å². The van der Waals surface area contributed by atoms with Gasteiger partial charge in [0.05, 0.1) is 11.8 Å². The molecule has 1 fully saturated rings. The van der Waals surface area contributed by atoms with Gasteiger partial charge >= 0.3 is 0 Å². The average Bonchev–Trinajstić information content (AvgIpc) is 2.84. The molecule has 6 heteroatoms. The van der Waals surface area contributed by atoms with Gasteiger partial charge in [-0.2, -0.15) is 0 Å². The van der Waals surface area contributed by atoms with E-state index in [2.05, 4.69) is 9.59 Å². The number of carbonyl (C=O) groups is 1. The number of aliphatic hydroxyl groups is 1. The lowest BCUT2D eigenvalue weighted by Gasteiger charge is -2.15. The van der Waals surface area contributed by atoms with E-state index in [1.807, 2.05) is 13.8 Å². The Morgan fingerprint density at radius 1 is 1.62 bits per heavy atom. The fourth-order valence-electron chi connectivity index (χ4n) is 1.79. The molecule has 1 N–H and O–H groups in total. The van der Waals surface area contributed by atoms with E-state index in [9.17, 15) is 9.90 Å². The quantitative estimate of drug-likeness (QED) is 0.834. The summed E-state index contributed by atoms with van der Waals surface area (Å²) in [5, 5.41) is 13.4. The summed E-state index contributed by atoms with van der Waals surface area (Å²) in [5.74, 6) is 0.153. The Labute approximate surface area is 98.2 Å². The van der Waals surface area contributed by atoms with Crippen molar-refractivity contribution in [3.05, 3.63) is 10.6 Å². The van der Waals surface area contributed by atoms with Crippen LogP contribution < -0.4 is 0 Å². The largest absolute Gasteiger partial charge is 0.391 e. The summed E-state index contributed by atoms with van der Waals surface area (Å²) in [5.41, 5.74) is 0.761. The van der Waals surface area contributed by atoms with Gasteiger partial charge in [-0.3, -0.25) is 4.79 Å². The summed E-state index contributed by atoms with van der Waals surface area (Å²) in [7, 11) is 0. The molecule has 1 saturated heterocycles. The van der Waals surface area contributed by atoms with Crippen molar-refractivity contribution in [2.75, 3.05) is 13.1 Å². The van der Waals surface area contributed by atoms with Gasteiger partial charge in [0.1, 0.15) is 4.88 Å². The van der Waals surface area contributed by atoms with Crippen LogP contribution >= 0.6 is 11.5 Å². The Hall–Kier alpha value is -1.01. The lowest BCUT2D eigenvalue weighted by atomic mass is 10.1. The van der Waals surface area contributed by atoms with Crippen molar-refractivity contribution in [3.8, 4) is 0 Å². The maximum atomic E-state index is 12.1. The lowest BCUT2D eigenvalue weighted by Crippen LogP contribution is -2.29. The van der Waals surface area contributed by atoms with Gasteiger partial charge in [0.25, 0.3) is 5.91 Å². The summed E-state index contributed by atoms with van der Waals surface area (Å²) in [6.45, 7) is 5.03. The summed E-state index contributed by atoms with van der Waals surface area (Å²) in [4.78, 5) is 14.4. The topological polar surface area (TPSA) is 66.3 Å². The fraction of sp³-hybridized carbons (Fsp3) is 0.700. The highest BCUT2D eigenvalue weighted by atomic mass is 32.1. The fourth-order valence-corrected chi connectivity index (χ4v) is 2.58. The second-order valence-corrected chi connectivity index (χ2v) is 5.09. The number of carbonyl (C=O) groups excluding carboxylic acids is 1. The second kappa shape index (κ2) is 4.47. The van der Waals surface area contributed by atoms with Crippen molar-refractivity contribution in [1.29, 1.82) is 0 Å². The third-order valence-electron chi connectivity index (χ3n) is 2.71. The first-order valence-electron chi connectivity index (χ1n) is 5.39. The Bertz CT molecular complexity index is 391. The number of hydrogen-bond donors (Lipinski definition) is 1. The van der Waals surface area contributed by atoms with Crippen LogP contribution in [0.3, 0.4) is 0 Å². The standard InChI is InChI=1S/C10H15N3O2S/c1-6(2)8-9(16-12-11-8)10(15)13-4-3-7(14)5-13/h6-7,14H,3-5H2,1-2H3/t7-/m1/s1. The van der Waals surface area contributed by atoms with E-state index in [1.165, 1.54) is 0 Å². The van der Waals surface area contributed by atoms with Crippen molar-refractivity contribution in [1.82, 2.24) is 14.5 Å². The predicted molar refractivity (Wildman–Crippen MR) is 60.5 cm³/mol. The van der Waals surface area contributed by atoms with Crippen LogP contribution in [0.4, 0.5) is 0 Å². The molecule has 1 aromatic rings. The third kappa shape index (κ3) is 2.08. The van der Waals surface area contributed by atoms with E-state index in [-0.39, 0.29) is 17.9 Å². The molecule has 2 rings (SSSR count). The van der Waals surface area contributed by atoms with E-state index in [0.29, 0.717) is 24.4 Å². The highest BCUT2D eigenvalue weighted by Gasteiger charge is 2.29. The summed E-state index contributed by atoms with van der Waals surface area (Å²) >= 11 is 1.14. The zero-order chi connectivity index (χ0) is 11.7. The molecule has 0 spiro atoms. The molecule has 2 heterocycles. The number of aromatic nitrogens is 2. The Morgan fingerprint density at radius 3 is 2.94 bits per heavy atom. The Kier molecular flexibility index (Phi) is 3.20. The normalized spacial score (nSPS) is 20.8. The molecule has 88 valence electrons. The van der Waals surface area contributed by atoms with Crippen LogP contribution in [0.25, 0.3) is 0 Å². The molecule has 16 heavy (non-hydrogen) atoms. The SMILES string of the molecule is CC(C)c1nnsc1C(=O)N1CC[C@@H](O)C1. The van der Waals surface area contributed by atoms with E-state index in [4.69, 9.17) is 0 Å². The molecule has 0 aliphatic carbocycles. The van der Waals surface area contributed by atoms with Gasteiger partial charge < -0.3 is 10.0 Å². The average molecular weight is 241 g/mol. The Balaban J connectivity index is 2.17. The highest BCUT2D eigenvalue weighted by molar-refractivity contribution is 7.08. The summed E-state index contributed by atoms with van der Waals surface area (Å²) in [6.07, 6.45) is 0.280. The highest BCUT2D eigenvalue weighted by Crippen LogP contribution is 2.23. The summed E-state index contributed by atoms with van der Waals surface area (Å²) in [6, 6.07) is 0. The predicted octanol–water partition coefficient (Wildman–Crippen LogP) is 0.868. The van der Waals surface area contributed by atoms with Crippen LogP contribution in [-0.4, -0.2) is 44.7 Å². The molecule has 0 unspecified atom stereocenters. The number of aliphatic hydroxyl groups excluding tert-OH is 1. The number of rotatable bonds is 2. The third-order valence-corrected chi connectivity index (χ3v) is 3.43. The Morgan fingerprint density at radius 2 is 2.38 bits per heavy atom. The zero-order valence-electron chi connectivity index (χ0n) is 9.38. The number of likely N-dealkylation sites (tertiary alicyclic amines) is 1. The molecule has 0 aromatic carbocycles. The summed E-state index contributed by atoms with van der Waals surface area (Å²) < 4.78 is 3.84. The second-order valence-electron chi connectivity index (χ2n) is 4.34. The van der Waals surface area contributed by atoms with Crippen LogP contribution in [-0.2, 0) is 0 Å². The van der Waals surface area contributed by atoms with Crippen molar-refractivity contribution < 1.29 is 9.90 Å². The van der Waals surface area contributed by atoms with Gasteiger partial charge in [0.2, 0.25) is 0 Å². The molecule has 5 nitrogen and oxygen atoms in total.